The van der Waals surface area contributed by atoms with Gasteiger partial charge < -0.3 is 14.3 Å². The maximum Gasteiger partial charge on any atom is 0.339 e. The number of fused-ring (bicyclic) bond motifs is 2. The zero-order valence-corrected chi connectivity index (χ0v) is 17.5. The largest absolute Gasteiger partial charge is 0.460 e. The van der Waals surface area contributed by atoms with Crippen molar-refractivity contribution >= 4 is 5.97 Å². The summed E-state index contributed by atoms with van der Waals surface area (Å²) >= 11 is 0. The molecule has 29 heavy (non-hydrogen) atoms. The molecule has 0 spiro atoms. The number of aliphatic hydroxyl groups excluding tert-OH is 1. The number of aryl methyl sites for hydroxylation is 1. The van der Waals surface area contributed by atoms with Crippen LogP contribution in [0, 0.1) is 0 Å². The van der Waals surface area contributed by atoms with E-state index in [1.165, 1.54) is 24.0 Å². The Morgan fingerprint density at radius 1 is 1.03 bits per heavy atom. The summed E-state index contributed by atoms with van der Waals surface area (Å²) < 4.78 is 6.81. The molecule has 0 saturated carbocycles. The predicted octanol–water partition coefficient (Wildman–Crippen LogP) is 4.17. The molecule has 0 amide bonds. The first-order chi connectivity index (χ1) is 14.0. The number of hydrogen-bond acceptors (Lipinski definition) is 3. The van der Waals surface area contributed by atoms with Gasteiger partial charge in [-0.25, -0.2) is 4.79 Å². The summed E-state index contributed by atoms with van der Waals surface area (Å²) in [6, 6.07) is 19.1. The third-order valence-corrected chi connectivity index (χ3v) is 7.15. The van der Waals surface area contributed by atoms with Gasteiger partial charge in [-0.3, -0.25) is 0 Å². The maximum absolute atomic E-state index is 12.5. The molecule has 2 aliphatic rings. The van der Waals surface area contributed by atoms with Crippen molar-refractivity contribution in [1.29, 1.82) is 0 Å². The van der Waals surface area contributed by atoms with Crippen molar-refractivity contribution in [2.75, 3.05) is 7.05 Å². The maximum atomic E-state index is 12.5. The number of ether oxygens (including phenoxy) is 1. The van der Waals surface area contributed by atoms with Crippen molar-refractivity contribution in [3.05, 3.63) is 71.3 Å². The molecular formula is C25H32NO3+. The molecule has 2 saturated heterocycles. The van der Waals surface area contributed by atoms with Crippen LogP contribution in [0.2, 0.25) is 0 Å². The summed E-state index contributed by atoms with van der Waals surface area (Å²) in [5.74, 6) is -0.521. The first kappa shape index (κ1) is 20.1. The average molecular weight is 395 g/mol. The SMILES string of the molecule is CCc1ccc(C[N+]2(C)[C@@H]3CC[C@@H]2CC(OC(=O)C(O)c2ccccc2)C3)cc1. The standard InChI is InChI=1S/C25H32NO3/c1-3-18-9-11-19(12-10-18)17-26(2)21-13-14-22(26)16-23(15-21)29-25(28)24(27)20-7-5-4-6-8-20/h4-12,21-24,27H,3,13-17H2,1-2H3/q+1/t21-,22-,23?,24?,26?/m1/s1. The van der Waals surface area contributed by atoms with Gasteiger partial charge in [-0.2, -0.15) is 0 Å². The lowest BCUT2D eigenvalue weighted by molar-refractivity contribution is -0.961. The van der Waals surface area contributed by atoms with Crippen molar-refractivity contribution in [2.45, 2.75) is 69.9 Å². The molecule has 2 heterocycles. The minimum atomic E-state index is -1.20. The number of benzene rings is 2. The van der Waals surface area contributed by atoms with Crippen molar-refractivity contribution in [3.63, 3.8) is 0 Å². The molecular weight excluding hydrogens is 362 g/mol. The van der Waals surface area contributed by atoms with Crippen LogP contribution in [0.15, 0.2) is 54.6 Å². The van der Waals surface area contributed by atoms with E-state index >= 15 is 0 Å². The van der Waals surface area contributed by atoms with Gasteiger partial charge in [-0.15, -0.1) is 0 Å². The molecule has 2 aliphatic heterocycles. The monoisotopic (exact) mass is 394 g/mol. The Kier molecular flexibility index (Phi) is 5.75. The first-order valence-electron chi connectivity index (χ1n) is 10.9. The van der Waals surface area contributed by atoms with Gasteiger partial charge in [0.25, 0.3) is 0 Å². The molecule has 4 rings (SSSR count). The molecule has 1 N–H and O–H groups in total. The van der Waals surface area contributed by atoms with Crippen LogP contribution in [0.5, 0.6) is 0 Å². The fraction of sp³-hybridized carbons (Fsp3) is 0.480. The van der Waals surface area contributed by atoms with Crippen LogP contribution in [0.1, 0.15) is 55.4 Å². The zero-order valence-electron chi connectivity index (χ0n) is 17.5. The number of nitrogens with zero attached hydrogens (tertiary/aromatic N) is 1. The number of piperidine rings is 1. The first-order valence-corrected chi connectivity index (χ1v) is 10.9. The molecule has 0 aliphatic carbocycles. The topological polar surface area (TPSA) is 46.5 Å². The second kappa shape index (κ2) is 8.29. The summed E-state index contributed by atoms with van der Waals surface area (Å²) in [4.78, 5) is 12.5. The Morgan fingerprint density at radius 3 is 2.21 bits per heavy atom. The molecule has 2 bridgehead atoms. The minimum absolute atomic E-state index is 0.0907. The summed E-state index contributed by atoms with van der Waals surface area (Å²) in [6.07, 6.45) is 3.91. The van der Waals surface area contributed by atoms with Crippen molar-refractivity contribution < 1.29 is 19.1 Å². The predicted molar refractivity (Wildman–Crippen MR) is 113 cm³/mol. The molecule has 2 aromatic rings. The molecule has 0 aromatic heterocycles. The normalized spacial score (nSPS) is 29.4. The Balaban J connectivity index is 1.40. The van der Waals surface area contributed by atoms with E-state index in [1.807, 2.05) is 18.2 Å². The van der Waals surface area contributed by atoms with Gasteiger partial charge in [-0.05, 0) is 17.5 Å². The van der Waals surface area contributed by atoms with Crippen molar-refractivity contribution in [3.8, 4) is 0 Å². The molecule has 1 unspecified atom stereocenters. The van der Waals surface area contributed by atoms with E-state index in [4.69, 9.17) is 4.74 Å². The number of aliphatic hydroxyl groups is 1. The van der Waals surface area contributed by atoms with Gasteiger partial charge in [-0.1, -0.05) is 61.5 Å². The Morgan fingerprint density at radius 2 is 1.62 bits per heavy atom. The van der Waals surface area contributed by atoms with E-state index in [9.17, 15) is 9.90 Å². The van der Waals surface area contributed by atoms with Gasteiger partial charge >= 0.3 is 5.97 Å². The third-order valence-electron chi connectivity index (χ3n) is 7.15. The zero-order chi connectivity index (χ0) is 20.4. The number of hydrogen-bond donors (Lipinski definition) is 1. The second-order valence-electron chi connectivity index (χ2n) is 8.90. The molecule has 3 atom stereocenters. The van der Waals surface area contributed by atoms with Gasteiger partial charge in [0.15, 0.2) is 6.10 Å². The Bertz CT molecular complexity index is 819. The van der Waals surface area contributed by atoms with Crippen molar-refractivity contribution in [1.82, 2.24) is 0 Å². The third kappa shape index (κ3) is 4.10. The van der Waals surface area contributed by atoms with E-state index in [-0.39, 0.29) is 6.10 Å². The van der Waals surface area contributed by atoms with Gasteiger partial charge in [0, 0.05) is 31.2 Å². The van der Waals surface area contributed by atoms with Gasteiger partial charge in [0.2, 0.25) is 0 Å². The van der Waals surface area contributed by atoms with Crippen LogP contribution >= 0.6 is 0 Å². The van der Waals surface area contributed by atoms with Crippen LogP contribution < -0.4 is 0 Å². The fourth-order valence-electron chi connectivity index (χ4n) is 5.32. The number of carbonyl (C=O) groups is 1. The van der Waals surface area contributed by atoms with Gasteiger partial charge in [0.1, 0.15) is 12.6 Å². The lowest BCUT2D eigenvalue weighted by atomic mass is 9.95. The molecule has 0 radical (unpaired) electrons. The summed E-state index contributed by atoms with van der Waals surface area (Å²) in [5.41, 5.74) is 3.35. The van der Waals surface area contributed by atoms with E-state index in [0.29, 0.717) is 17.6 Å². The summed E-state index contributed by atoms with van der Waals surface area (Å²) in [5, 5.41) is 10.3. The molecule has 2 fully saturated rings. The molecule has 4 heteroatoms. The lowest BCUT2D eigenvalue weighted by Crippen LogP contribution is -2.58. The number of rotatable bonds is 6. The number of esters is 1. The van der Waals surface area contributed by atoms with Crippen LogP contribution in [0.4, 0.5) is 0 Å². The van der Waals surface area contributed by atoms with Crippen LogP contribution in [-0.4, -0.2) is 40.8 Å². The second-order valence-corrected chi connectivity index (χ2v) is 8.90. The van der Waals surface area contributed by atoms with E-state index in [2.05, 4.69) is 38.2 Å². The molecule has 154 valence electrons. The van der Waals surface area contributed by atoms with Crippen molar-refractivity contribution in [2.24, 2.45) is 0 Å². The summed E-state index contributed by atoms with van der Waals surface area (Å²) in [7, 11) is 2.37. The van der Waals surface area contributed by atoms with Crippen LogP contribution in [-0.2, 0) is 22.5 Å². The fourth-order valence-corrected chi connectivity index (χ4v) is 5.32. The highest BCUT2D eigenvalue weighted by molar-refractivity contribution is 5.76. The molecule has 2 aromatic carbocycles. The summed E-state index contributed by atoms with van der Waals surface area (Å²) in [6.45, 7) is 3.22. The Hall–Kier alpha value is -2.17. The Labute approximate surface area is 173 Å². The highest BCUT2D eigenvalue weighted by Crippen LogP contribution is 2.43. The average Bonchev–Trinajstić information content (AvgIpc) is 2.91. The number of quaternary nitrogens is 1. The van der Waals surface area contributed by atoms with E-state index in [0.717, 1.165) is 30.3 Å². The van der Waals surface area contributed by atoms with Gasteiger partial charge in [0.05, 0.1) is 19.1 Å². The number of carbonyl (C=O) groups excluding carboxylic acids is 1. The molecule has 4 nitrogen and oxygen atoms in total. The lowest BCUT2D eigenvalue weighted by Gasteiger charge is -2.47. The smallest absolute Gasteiger partial charge is 0.339 e. The van der Waals surface area contributed by atoms with Crippen LogP contribution in [0.25, 0.3) is 0 Å². The van der Waals surface area contributed by atoms with E-state index in [1.54, 1.807) is 12.1 Å². The minimum Gasteiger partial charge on any atom is -0.460 e. The highest BCUT2D eigenvalue weighted by atomic mass is 16.6. The quantitative estimate of drug-likeness (QED) is 0.591. The highest BCUT2D eigenvalue weighted by Gasteiger charge is 2.52. The van der Waals surface area contributed by atoms with E-state index < -0.39 is 12.1 Å². The van der Waals surface area contributed by atoms with Crippen LogP contribution in [0.3, 0.4) is 0 Å².